The molecule has 0 aliphatic carbocycles. The summed E-state index contributed by atoms with van der Waals surface area (Å²) in [6, 6.07) is 0. The van der Waals surface area contributed by atoms with Crippen molar-refractivity contribution in [3.8, 4) is 0 Å². The van der Waals surface area contributed by atoms with E-state index in [9.17, 15) is 0 Å². The van der Waals surface area contributed by atoms with Gasteiger partial charge in [-0.1, -0.05) is 0 Å². The maximum absolute atomic E-state index is 2.27. The molecule has 0 atom stereocenters. The monoisotopic (exact) mass is 238 g/mol. The first kappa shape index (κ1) is 14.7. The van der Waals surface area contributed by atoms with Crippen LogP contribution < -0.4 is 0 Å². The molecular weight excluding hydrogens is 216 g/mol. The molecule has 0 N–H and O–H groups in total. The normalized spacial score (nSPS) is 15.6. The molecule has 15 heavy (non-hydrogen) atoms. The van der Waals surface area contributed by atoms with Crippen molar-refractivity contribution in [3.05, 3.63) is 43.2 Å². The zero-order chi connectivity index (χ0) is 11.8. The third kappa shape index (κ3) is 5.97. The molecule has 0 heterocycles. The molecule has 0 fully saturated rings. The Morgan fingerprint density at radius 2 is 1.07 bits per heavy atom. The predicted octanol–water partition coefficient (Wildman–Crippen LogP) is 4.81. The van der Waals surface area contributed by atoms with Crippen LogP contribution in [0.3, 0.4) is 0 Å². The average molecular weight is 238 g/mol. The first-order valence-corrected chi connectivity index (χ1v) is 6.96. The Kier molecular flexibility index (Phi) is 7.73. The van der Waals surface area contributed by atoms with Gasteiger partial charge in [0.25, 0.3) is 0 Å². The Labute approximate surface area is 104 Å². The molecule has 0 aromatic rings. The molecule has 0 amide bonds. The Hall–Kier alpha value is -0.326. The van der Waals surface area contributed by atoms with Crippen molar-refractivity contribution in [2.45, 2.75) is 41.5 Å². The van der Waals surface area contributed by atoms with Gasteiger partial charge in [0, 0.05) is 0 Å². The number of allylic oxidation sites excluding steroid dienone is 8. The van der Waals surface area contributed by atoms with Crippen LogP contribution in [-0.2, 0) is 19.2 Å². The number of rotatable bonds is 4. The SMILES string of the molecule is CC=CC(C)=[C](C)[Ti][C](C)=C(C)C=CC. The fourth-order valence-corrected chi connectivity index (χ4v) is 2.98. The summed E-state index contributed by atoms with van der Waals surface area (Å²) in [6.07, 6.45) is 8.64. The van der Waals surface area contributed by atoms with Crippen LogP contribution in [0.2, 0.25) is 0 Å². The number of hydrogen-bond donors (Lipinski definition) is 0. The quantitative estimate of drug-likeness (QED) is 0.487. The maximum atomic E-state index is 2.27. The van der Waals surface area contributed by atoms with Gasteiger partial charge in [0.15, 0.2) is 0 Å². The van der Waals surface area contributed by atoms with Gasteiger partial charge in [0.1, 0.15) is 0 Å². The van der Waals surface area contributed by atoms with Crippen molar-refractivity contribution in [2.24, 2.45) is 0 Å². The second kappa shape index (κ2) is 7.90. The fraction of sp³-hybridized carbons (Fsp3) is 0.429. The van der Waals surface area contributed by atoms with E-state index < -0.39 is 0 Å². The molecule has 0 radical (unpaired) electrons. The Morgan fingerprint density at radius 1 is 0.733 bits per heavy atom. The summed E-state index contributed by atoms with van der Waals surface area (Å²) in [5.41, 5.74) is 2.87. The summed E-state index contributed by atoms with van der Waals surface area (Å²) in [4.78, 5) is 0. The molecule has 0 aliphatic rings. The van der Waals surface area contributed by atoms with Crippen LogP contribution in [0.1, 0.15) is 41.5 Å². The third-order valence-electron chi connectivity index (χ3n) is 2.39. The van der Waals surface area contributed by atoms with Crippen LogP contribution in [0.25, 0.3) is 0 Å². The molecule has 0 saturated heterocycles. The summed E-state index contributed by atoms with van der Waals surface area (Å²) < 4.78 is 3.16. The second-order valence-corrected chi connectivity index (χ2v) is 6.47. The van der Waals surface area contributed by atoms with Crippen molar-refractivity contribution < 1.29 is 19.2 Å². The Balaban J connectivity index is 4.75. The van der Waals surface area contributed by atoms with E-state index in [0.29, 0.717) is 0 Å². The Morgan fingerprint density at radius 3 is 1.33 bits per heavy atom. The predicted molar refractivity (Wildman–Crippen MR) is 66.4 cm³/mol. The van der Waals surface area contributed by atoms with Gasteiger partial charge in [-0.15, -0.1) is 0 Å². The summed E-state index contributed by atoms with van der Waals surface area (Å²) in [5, 5.41) is 0. The van der Waals surface area contributed by atoms with E-state index in [1.807, 2.05) is 0 Å². The molecule has 0 aliphatic heterocycles. The summed E-state index contributed by atoms with van der Waals surface area (Å²) >= 11 is -0.0893. The van der Waals surface area contributed by atoms with Gasteiger partial charge in [0.2, 0.25) is 0 Å². The van der Waals surface area contributed by atoms with Gasteiger partial charge in [0.05, 0.1) is 0 Å². The standard InChI is InChI=1S/2C7H11.Ti/c2*1-4-6-7(3)5-2;/h2*4,6H,1-3H3;. The van der Waals surface area contributed by atoms with E-state index in [1.165, 1.54) is 11.1 Å². The van der Waals surface area contributed by atoms with Crippen LogP contribution >= 0.6 is 0 Å². The molecule has 0 nitrogen and oxygen atoms in total. The zero-order valence-corrected chi connectivity index (χ0v) is 12.4. The van der Waals surface area contributed by atoms with E-state index in [-0.39, 0.29) is 19.2 Å². The van der Waals surface area contributed by atoms with E-state index in [0.717, 1.165) is 0 Å². The van der Waals surface area contributed by atoms with Gasteiger partial charge < -0.3 is 0 Å². The van der Waals surface area contributed by atoms with Gasteiger partial charge in [-0.05, 0) is 0 Å². The number of hydrogen-bond acceptors (Lipinski definition) is 0. The van der Waals surface area contributed by atoms with Crippen molar-refractivity contribution in [2.75, 3.05) is 0 Å². The van der Waals surface area contributed by atoms with Gasteiger partial charge >= 0.3 is 104 Å². The fourth-order valence-electron chi connectivity index (χ4n) is 1.23. The summed E-state index contributed by atoms with van der Waals surface area (Å²) in [5.74, 6) is 0. The van der Waals surface area contributed by atoms with Crippen molar-refractivity contribution in [3.63, 3.8) is 0 Å². The molecule has 0 rings (SSSR count). The van der Waals surface area contributed by atoms with E-state index in [2.05, 4.69) is 65.8 Å². The first-order valence-electron chi connectivity index (χ1n) is 5.40. The van der Waals surface area contributed by atoms with Crippen LogP contribution in [0.15, 0.2) is 43.2 Å². The zero-order valence-electron chi connectivity index (χ0n) is 10.8. The topological polar surface area (TPSA) is 0 Å². The first-order chi connectivity index (χ1) is 7.02. The second-order valence-electron chi connectivity index (χ2n) is 3.74. The van der Waals surface area contributed by atoms with Gasteiger partial charge in [-0.2, -0.15) is 0 Å². The molecule has 1 heteroatoms. The minimum absolute atomic E-state index is 0.0893. The van der Waals surface area contributed by atoms with E-state index in [4.69, 9.17) is 0 Å². The van der Waals surface area contributed by atoms with Crippen LogP contribution in [0, 0.1) is 0 Å². The molecule has 0 unspecified atom stereocenters. The molecule has 0 aromatic heterocycles. The summed E-state index contributed by atoms with van der Waals surface area (Å²) in [7, 11) is 0. The third-order valence-corrected chi connectivity index (χ3v) is 4.79. The van der Waals surface area contributed by atoms with Gasteiger partial charge in [-0.3, -0.25) is 0 Å². The van der Waals surface area contributed by atoms with Crippen LogP contribution in [0.5, 0.6) is 0 Å². The Bertz CT molecular complexity index is 282. The molecule has 82 valence electrons. The van der Waals surface area contributed by atoms with Crippen molar-refractivity contribution in [1.82, 2.24) is 0 Å². The minimum atomic E-state index is -0.0893. The van der Waals surface area contributed by atoms with Crippen molar-refractivity contribution >= 4 is 0 Å². The van der Waals surface area contributed by atoms with Crippen LogP contribution in [0.4, 0.5) is 0 Å². The average Bonchev–Trinajstić information content (AvgIpc) is 2.18. The van der Waals surface area contributed by atoms with E-state index >= 15 is 0 Å². The van der Waals surface area contributed by atoms with Gasteiger partial charge in [-0.25, -0.2) is 0 Å². The van der Waals surface area contributed by atoms with Crippen molar-refractivity contribution in [1.29, 1.82) is 0 Å². The summed E-state index contributed by atoms with van der Waals surface area (Å²) in [6.45, 7) is 13.1. The molecule has 0 saturated carbocycles. The molecular formula is C14H22Ti. The van der Waals surface area contributed by atoms with E-state index in [1.54, 1.807) is 7.76 Å². The van der Waals surface area contributed by atoms with Crippen LogP contribution in [-0.4, -0.2) is 0 Å². The molecule has 0 aromatic carbocycles. The molecule has 0 spiro atoms. The molecule has 0 bridgehead atoms.